The fraction of sp³-hybridized carbons (Fsp3) is 0.0455. The summed E-state index contributed by atoms with van der Waals surface area (Å²) in [5, 5.41) is 29.6. The Balaban J connectivity index is 1.63. The summed E-state index contributed by atoms with van der Waals surface area (Å²) in [4.78, 5) is 17.9. The van der Waals surface area contributed by atoms with Gasteiger partial charge in [0.25, 0.3) is 5.78 Å². The van der Waals surface area contributed by atoms with E-state index in [1.54, 1.807) is 16.8 Å². The minimum atomic E-state index is -4.89. The molecule has 0 unspecified atom stereocenters. The molecule has 0 spiro atoms. The maximum Gasteiger partial charge on any atom is 0.573 e. The molecule has 5 aromatic rings. The molecule has 0 saturated carbocycles. The Bertz CT molecular complexity index is 1700. The summed E-state index contributed by atoms with van der Waals surface area (Å²) >= 11 is 2.24. The number of carbonyl (C=O) groups excluding carboxylic acids is 1. The maximum atomic E-state index is 13.5. The average Bonchev–Trinajstić information content (AvgIpc) is 3.57. The van der Waals surface area contributed by atoms with E-state index in [1.807, 2.05) is 6.07 Å². The summed E-state index contributed by atoms with van der Waals surface area (Å²) in [6.45, 7) is 0. The van der Waals surface area contributed by atoms with Crippen LogP contribution in [0.2, 0.25) is 0 Å². The molecule has 0 amide bonds. The molecule has 5 rings (SSSR count). The molecule has 1 aromatic carbocycles. The van der Waals surface area contributed by atoms with Gasteiger partial charge < -0.3 is 25.8 Å². The van der Waals surface area contributed by atoms with Gasteiger partial charge in [-0.05, 0) is 39.2 Å². The minimum absolute atomic E-state index is 0.0312. The number of aromatic nitrogens is 3. The van der Waals surface area contributed by atoms with Gasteiger partial charge in [-0.1, -0.05) is 0 Å². The number of benzene rings is 1. The Morgan fingerprint density at radius 3 is 2.57 bits per heavy atom. The zero-order valence-electron chi connectivity index (χ0n) is 18.1. The molecule has 0 bridgehead atoms. The van der Waals surface area contributed by atoms with Crippen LogP contribution >= 0.6 is 22.7 Å². The number of rotatable bonds is 5. The van der Waals surface area contributed by atoms with E-state index >= 15 is 0 Å². The Hall–Kier alpha value is -4.68. The van der Waals surface area contributed by atoms with E-state index in [0.717, 1.165) is 40.3 Å². The standard InChI is InChI=1S/C22H11F3N6O4S2/c23-22(24,25)34-11-3-1-10(2-4-11)31-16(21(33)35-30-31)17(32)18-15(27)14-13(9-5-6-36-8-9)12(7-26)19(28)29-20(14)37-18/h1-6,8H,(H4-,27,28,29,30,32,33). The largest absolute Gasteiger partial charge is 0.573 e. The van der Waals surface area contributed by atoms with Crippen molar-refractivity contribution in [3.63, 3.8) is 0 Å². The van der Waals surface area contributed by atoms with Crippen LogP contribution in [0.25, 0.3) is 27.0 Å². The molecule has 37 heavy (non-hydrogen) atoms. The number of nitrogens with two attached hydrogens (primary N) is 2. The predicted octanol–water partition coefficient (Wildman–Crippen LogP) is 3.53. The van der Waals surface area contributed by atoms with Gasteiger partial charge in [0.1, 0.15) is 32.9 Å². The number of nitriles is 1. The summed E-state index contributed by atoms with van der Waals surface area (Å²) in [5.74, 6) is -2.53. The Labute approximate surface area is 212 Å². The normalized spacial score (nSPS) is 11.5. The number of nitrogens with zero attached hydrogens (tertiary/aromatic N) is 4. The van der Waals surface area contributed by atoms with Crippen LogP contribution in [-0.2, 0) is 0 Å². The van der Waals surface area contributed by atoms with Crippen molar-refractivity contribution >= 4 is 50.2 Å². The van der Waals surface area contributed by atoms with Crippen LogP contribution < -0.4 is 26.0 Å². The lowest BCUT2D eigenvalue weighted by Gasteiger charge is -2.08. The van der Waals surface area contributed by atoms with Crippen LogP contribution in [0.15, 0.2) is 45.6 Å². The van der Waals surface area contributed by atoms with Crippen LogP contribution in [0.1, 0.15) is 20.9 Å². The van der Waals surface area contributed by atoms with Gasteiger partial charge in [0.2, 0.25) is 5.69 Å². The number of pyridine rings is 1. The zero-order chi connectivity index (χ0) is 26.5. The molecule has 0 aliphatic rings. The number of halogens is 3. The fourth-order valence-electron chi connectivity index (χ4n) is 3.66. The molecule has 0 atom stereocenters. The minimum Gasteiger partial charge on any atom is -0.539 e. The molecule has 0 aliphatic heterocycles. The first-order chi connectivity index (χ1) is 17.6. The van der Waals surface area contributed by atoms with Gasteiger partial charge in [0.05, 0.1) is 11.0 Å². The molecular formula is C22H11F3N6O4S2. The summed E-state index contributed by atoms with van der Waals surface area (Å²) in [7, 11) is 0. The number of alkyl halides is 3. The van der Waals surface area contributed by atoms with Gasteiger partial charge in [-0.2, -0.15) is 16.6 Å². The number of hydrogen-bond donors (Lipinski definition) is 2. The highest BCUT2D eigenvalue weighted by molar-refractivity contribution is 7.21. The molecule has 4 heterocycles. The fourth-order valence-corrected chi connectivity index (χ4v) is 5.36. The van der Waals surface area contributed by atoms with Gasteiger partial charge in [0, 0.05) is 23.1 Å². The quantitative estimate of drug-likeness (QED) is 0.248. The van der Waals surface area contributed by atoms with E-state index in [1.165, 1.54) is 11.3 Å². The molecule has 0 fully saturated rings. The third-order valence-corrected chi connectivity index (χ3v) is 6.95. The first kappa shape index (κ1) is 24.0. The van der Waals surface area contributed by atoms with Crippen molar-refractivity contribution in [2.24, 2.45) is 0 Å². The van der Waals surface area contributed by atoms with Gasteiger partial charge >= 0.3 is 12.1 Å². The van der Waals surface area contributed by atoms with E-state index in [-0.39, 0.29) is 32.5 Å². The van der Waals surface area contributed by atoms with Crippen molar-refractivity contribution in [1.29, 1.82) is 5.26 Å². The third-order valence-electron chi connectivity index (χ3n) is 5.17. The molecule has 10 nitrogen and oxygen atoms in total. The van der Waals surface area contributed by atoms with E-state index < -0.39 is 29.5 Å². The monoisotopic (exact) mass is 544 g/mol. The number of nitrogen functional groups attached to an aromatic ring is 2. The lowest BCUT2D eigenvalue weighted by atomic mass is 9.99. The highest BCUT2D eigenvalue weighted by atomic mass is 32.1. The van der Waals surface area contributed by atoms with Crippen molar-refractivity contribution in [1.82, 2.24) is 10.3 Å². The second-order valence-electron chi connectivity index (χ2n) is 7.39. The molecule has 186 valence electrons. The lowest BCUT2D eigenvalue weighted by molar-refractivity contribution is -0.672. The van der Waals surface area contributed by atoms with Crippen molar-refractivity contribution < 1.29 is 37.0 Å². The molecule has 0 aliphatic carbocycles. The number of fused-ring (bicyclic) bond motifs is 1. The van der Waals surface area contributed by atoms with Crippen molar-refractivity contribution in [2.75, 3.05) is 11.5 Å². The van der Waals surface area contributed by atoms with Crippen LogP contribution in [0.3, 0.4) is 0 Å². The van der Waals surface area contributed by atoms with Gasteiger partial charge in [-0.25, -0.2) is 4.98 Å². The second kappa shape index (κ2) is 8.76. The van der Waals surface area contributed by atoms with Crippen molar-refractivity contribution in [3.05, 3.63) is 57.2 Å². The highest BCUT2D eigenvalue weighted by Crippen LogP contribution is 2.43. The van der Waals surface area contributed by atoms with Crippen LogP contribution in [0.5, 0.6) is 11.7 Å². The first-order valence-electron chi connectivity index (χ1n) is 10.0. The van der Waals surface area contributed by atoms with E-state index in [2.05, 4.69) is 19.5 Å². The van der Waals surface area contributed by atoms with Crippen LogP contribution in [-0.4, -0.2) is 22.4 Å². The molecule has 4 aromatic heterocycles. The van der Waals surface area contributed by atoms with Crippen LogP contribution in [0, 0.1) is 11.3 Å². The number of thiophene rings is 2. The molecule has 15 heteroatoms. The summed E-state index contributed by atoms with van der Waals surface area (Å²) in [5.41, 5.74) is 13.0. The number of ketones is 1. The van der Waals surface area contributed by atoms with Crippen molar-refractivity contribution in [3.8, 4) is 34.6 Å². The van der Waals surface area contributed by atoms with E-state index in [0.29, 0.717) is 16.5 Å². The van der Waals surface area contributed by atoms with E-state index in [9.17, 15) is 28.3 Å². The number of ether oxygens (including phenoxy) is 1. The van der Waals surface area contributed by atoms with Crippen LogP contribution in [0.4, 0.5) is 24.7 Å². The molecule has 4 N–H and O–H groups in total. The molecule has 0 radical (unpaired) electrons. The summed E-state index contributed by atoms with van der Waals surface area (Å²) in [6.07, 6.45) is -4.89. The van der Waals surface area contributed by atoms with Gasteiger partial charge in [-0.3, -0.25) is 4.79 Å². The summed E-state index contributed by atoms with van der Waals surface area (Å²) < 4.78 is 46.7. The molecule has 0 saturated heterocycles. The highest BCUT2D eigenvalue weighted by Gasteiger charge is 2.34. The lowest BCUT2D eigenvalue weighted by Crippen LogP contribution is -2.39. The van der Waals surface area contributed by atoms with Gasteiger partial charge in [0.15, 0.2) is 5.95 Å². The number of anilines is 2. The number of hydrogen-bond acceptors (Lipinski definition) is 11. The Morgan fingerprint density at radius 1 is 1.22 bits per heavy atom. The van der Waals surface area contributed by atoms with Gasteiger partial charge in [-0.15, -0.1) is 24.5 Å². The average molecular weight is 544 g/mol. The third kappa shape index (κ3) is 4.17. The van der Waals surface area contributed by atoms with E-state index in [4.69, 9.17) is 11.5 Å². The predicted molar refractivity (Wildman–Crippen MR) is 124 cm³/mol. The second-order valence-corrected chi connectivity index (χ2v) is 9.17. The van der Waals surface area contributed by atoms with Crippen molar-refractivity contribution in [2.45, 2.75) is 6.36 Å². The topological polar surface area (TPSA) is 168 Å². The Kier molecular flexibility index (Phi) is 5.69. The number of carbonyl (C=O) groups is 1. The zero-order valence-corrected chi connectivity index (χ0v) is 19.7. The summed E-state index contributed by atoms with van der Waals surface area (Å²) in [6, 6.07) is 8.06. The first-order valence-corrected chi connectivity index (χ1v) is 11.8. The maximum absolute atomic E-state index is 13.5. The Morgan fingerprint density at radius 2 is 1.95 bits per heavy atom. The smallest absolute Gasteiger partial charge is 0.539 e. The SMILES string of the molecule is N#Cc1c(N)nc2sc(C(=O)c3c([O-])on[n+]3-c3ccc(OC(F)(F)F)cc3)c(N)c2c1-c1ccsc1. The molecular weight excluding hydrogens is 533 g/mol.